The number of carbonyl (C=O) groups excluding carboxylic acids is 3. The first-order valence-corrected chi connectivity index (χ1v) is 31.3. The molecule has 78 heavy (non-hydrogen) atoms. The number of halogens is 5. The summed E-state index contributed by atoms with van der Waals surface area (Å²) in [7, 11) is 0.256. The lowest BCUT2D eigenvalue weighted by atomic mass is 9.67. The van der Waals surface area contributed by atoms with Crippen molar-refractivity contribution in [1.82, 2.24) is 28.7 Å². The Morgan fingerprint density at radius 1 is 0.910 bits per heavy atom. The molecule has 3 fully saturated rings. The quantitative estimate of drug-likeness (QED) is 0.0369. The molecule has 0 bridgehead atoms. The van der Waals surface area contributed by atoms with E-state index >= 15 is 0 Å². The van der Waals surface area contributed by atoms with Crippen molar-refractivity contribution in [2.75, 3.05) is 65.8 Å². The minimum atomic E-state index is -4.42. The van der Waals surface area contributed by atoms with Crippen LogP contribution in [-0.2, 0) is 38.1 Å². The van der Waals surface area contributed by atoms with Crippen LogP contribution in [0.2, 0.25) is 25.7 Å². The zero-order valence-corrected chi connectivity index (χ0v) is 47.7. The molecule has 4 heterocycles. The van der Waals surface area contributed by atoms with Gasteiger partial charge in [-0.1, -0.05) is 62.1 Å². The van der Waals surface area contributed by atoms with Gasteiger partial charge in [-0.3, -0.25) is 38.2 Å². The molecule has 1 aliphatic carbocycles. The number of hydrogen-bond acceptors (Lipinski definition) is 9. The van der Waals surface area contributed by atoms with Crippen molar-refractivity contribution in [3.63, 3.8) is 0 Å². The first-order chi connectivity index (χ1) is 36.7. The summed E-state index contributed by atoms with van der Waals surface area (Å²) < 4.78 is 88.6. The summed E-state index contributed by atoms with van der Waals surface area (Å²) in [6.07, 6.45) is 2.83. The number of amides is 3. The molecule has 3 aromatic carbocycles. The van der Waals surface area contributed by atoms with Gasteiger partial charge in [-0.15, -0.1) is 0 Å². The van der Waals surface area contributed by atoms with Crippen molar-refractivity contribution >= 4 is 42.4 Å². The van der Waals surface area contributed by atoms with Gasteiger partial charge >= 0.3 is 18.5 Å². The van der Waals surface area contributed by atoms with Gasteiger partial charge in [0, 0.05) is 91.5 Å². The van der Waals surface area contributed by atoms with Crippen LogP contribution in [0.4, 0.5) is 22.0 Å². The third kappa shape index (κ3) is 14.0. The maximum Gasteiger partial charge on any atom is 0.395 e. The van der Waals surface area contributed by atoms with E-state index in [1.165, 1.54) is 40.7 Å². The van der Waals surface area contributed by atoms with Gasteiger partial charge in [0.15, 0.2) is 0 Å². The fraction of sp³-hybridized carbons (Fsp3) is 0.593. The summed E-state index contributed by atoms with van der Waals surface area (Å²) in [5.41, 5.74) is 2.41. The van der Waals surface area contributed by atoms with Crippen LogP contribution in [0.1, 0.15) is 112 Å². The predicted octanol–water partition coefficient (Wildman–Crippen LogP) is 10.9. The molecule has 3 saturated heterocycles. The maximum atomic E-state index is 14.4. The van der Waals surface area contributed by atoms with E-state index in [2.05, 4.69) is 47.5 Å². The fourth-order valence-corrected chi connectivity index (χ4v) is 12.7. The molecule has 4 aliphatic rings. The summed E-state index contributed by atoms with van der Waals surface area (Å²) in [5, 5.41) is 0. The average molecular weight is 1110 g/mol. The molecule has 2 unspecified atom stereocenters. The lowest BCUT2D eigenvalue weighted by Crippen LogP contribution is -2.49. The van der Waals surface area contributed by atoms with E-state index in [0.717, 1.165) is 66.5 Å². The minimum absolute atomic E-state index is 0.0512. The van der Waals surface area contributed by atoms with Crippen LogP contribution >= 0.6 is 0 Å². The van der Waals surface area contributed by atoms with Gasteiger partial charge < -0.3 is 19.1 Å². The smallest absolute Gasteiger partial charge is 0.395 e. The van der Waals surface area contributed by atoms with Crippen LogP contribution in [0.5, 0.6) is 5.75 Å². The Morgan fingerprint density at radius 2 is 1.62 bits per heavy atom. The number of aromatic nitrogens is 2. The van der Waals surface area contributed by atoms with E-state index < -0.39 is 54.9 Å². The third-order valence-electron chi connectivity index (χ3n) is 16.6. The van der Waals surface area contributed by atoms with Gasteiger partial charge in [-0.2, -0.15) is 22.0 Å². The number of carbonyl (C=O) groups is 3. The zero-order chi connectivity index (χ0) is 56.4. The van der Waals surface area contributed by atoms with Crippen molar-refractivity contribution in [3.05, 3.63) is 106 Å². The normalized spacial score (nSPS) is 22.0. The third-order valence-corrected chi connectivity index (χ3v) is 18.3. The molecule has 426 valence electrons. The number of allylic oxidation sites excluding steroid dienone is 2. The van der Waals surface area contributed by atoms with E-state index in [1.807, 2.05) is 35.8 Å². The van der Waals surface area contributed by atoms with E-state index in [0.29, 0.717) is 81.2 Å². The summed E-state index contributed by atoms with van der Waals surface area (Å²) in [4.78, 5) is 61.4. The Hall–Kier alpha value is -5.21. The van der Waals surface area contributed by atoms with Crippen molar-refractivity contribution in [3.8, 4) is 5.75 Å². The molecule has 19 heteroatoms. The molecule has 0 spiro atoms. The molecular weight excluding hydrogens is 1030 g/mol. The minimum Gasteiger partial charge on any atom is -0.435 e. The number of piperidine rings is 1. The topological polar surface area (TPSA) is 119 Å². The number of piperazine rings is 1. The maximum absolute atomic E-state index is 14.4. The molecule has 3 aliphatic heterocycles. The number of imide groups is 1. The molecule has 1 aromatic heterocycles. The fourth-order valence-electron chi connectivity index (χ4n) is 11.9. The average Bonchev–Trinajstić information content (AvgIpc) is 3.88. The molecule has 8 rings (SSSR count). The number of imidazole rings is 1. The monoisotopic (exact) mass is 1110 g/mol. The molecule has 3 amide bonds. The second-order valence-electron chi connectivity index (χ2n) is 24.7. The van der Waals surface area contributed by atoms with Crippen LogP contribution in [0, 0.1) is 11.3 Å². The number of fused-ring (bicyclic) bond motifs is 1. The Labute approximate surface area is 456 Å². The molecule has 4 aromatic rings. The highest BCUT2D eigenvalue weighted by molar-refractivity contribution is 6.76. The Kier molecular flexibility index (Phi) is 18.0. The van der Waals surface area contributed by atoms with Gasteiger partial charge in [0.25, 0.3) is 11.8 Å². The summed E-state index contributed by atoms with van der Waals surface area (Å²) >= 11 is 0. The van der Waals surface area contributed by atoms with Crippen molar-refractivity contribution in [2.24, 2.45) is 18.4 Å². The molecule has 0 saturated carbocycles. The van der Waals surface area contributed by atoms with Crippen LogP contribution in [-0.4, -0.2) is 139 Å². The number of benzene rings is 3. The van der Waals surface area contributed by atoms with Crippen molar-refractivity contribution < 1.29 is 50.5 Å². The lowest BCUT2D eigenvalue weighted by molar-refractivity contribution is -0.217. The van der Waals surface area contributed by atoms with E-state index in [1.54, 1.807) is 37.4 Å². The highest BCUT2D eigenvalue weighted by Crippen LogP contribution is 2.46. The van der Waals surface area contributed by atoms with Gasteiger partial charge in [0.05, 0.1) is 22.0 Å². The van der Waals surface area contributed by atoms with E-state index in [4.69, 9.17) is 9.47 Å². The number of hydrogen-bond donors (Lipinski definition) is 0. The van der Waals surface area contributed by atoms with Gasteiger partial charge in [0.2, 0.25) is 5.91 Å². The van der Waals surface area contributed by atoms with Gasteiger partial charge in [0.1, 0.15) is 18.5 Å². The zero-order valence-electron chi connectivity index (χ0n) is 46.7. The summed E-state index contributed by atoms with van der Waals surface area (Å²) in [6.45, 7) is 15.0. The number of rotatable bonds is 20. The SMILES string of the molecule is Cn1c(=O)n(C2CCC(=O)N(COCC[Si](C)(C)C)C2=O)c2ccc(C(=O)N3CCN(CC4CC=C(c5ccc(CN(CC[C@@]6(c7ccc(OC(F)F)cc7)CCOC(C)(C)C6)CC(C)(C)C(F)(F)F)cc5)CC4)CC3)cc21. The summed E-state index contributed by atoms with van der Waals surface area (Å²) in [6, 6.07) is 20.0. The first-order valence-electron chi connectivity index (χ1n) is 27.6. The number of nitrogens with zero attached hydrogens (tertiary/aromatic N) is 6. The van der Waals surface area contributed by atoms with Crippen LogP contribution in [0.3, 0.4) is 0 Å². The molecular formula is C59H79F5N6O7Si. The van der Waals surface area contributed by atoms with Crippen molar-refractivity contribution in [1.29, 1.82) is 0 Å². The molecule has 0 radical (unpaired) electrons. The molecule has 0 N–H and O–H groups in total. The Bertz CT molecular complexity index is 2850. The summed E-state index contributed by atoms with van der Waals surface area (Å²) in [5.74, 6) is -0.398. The van der Waals surface area contributed by atoms with Crippen LogP contribution < -0.4 is 10.4 Å². The number of ether oxygens (including phenoxy) is 3. The Morgan fingerprint density at radius 3 is 2.24 bits per heavy atom. The number of aryl methyl sites for hydroxylation is 1. The van der Waals surface area contributed by atoms with Crippen LogP contribution in [0.25, 0.3) is 16.6 Å². The standard InChI is InChI=1S/C59H79F5N6O7Si/c1-56(2,59(62,63)64)39-67(27-25-58(26-32-76-57(3,4)38-58)46-18-20-47(21-19-46)77-54(60)61)37-42-11-15-44(16-12-42)43-13-9-41(10-14-43)36-66-28-30-68(31-29-66)52(72)45-17-22-48-50(35-45)65(5)55(74)70(48)49-23-24-51(71)69(53(49)73)40-75-33-34-78(6,7)8/h11-13,15-22,35,41,49,54H,9-10,14,23-34,36-40H2,1-8H3/t41?,49?,58-/m1/s1. The van der Waals surface area contributed by atoms with E-state index in [-0.39, 0.29) is 43.7 Å². The first kappa shape index (κ1) is 58.9. The highest BCUT2D eigenvalue weighted by Gasteiger charge is 2.49. The van der Waals surface area contributed by atoms with Gasteiger partial charge in [-0.05, 0) is 144 Å². The van der Waals surface area contributed by atoms with Crippen LogP contribution in [0.15, 0.2) is 77.6 Å². The molecule has 13 nitrogen and oxygen atoms in total. The number of likely N-dealkylation sites (tertiary alicyclic amines) is 1. The van der Waals surface area contributed by atoms with Crippen molar-refractivity contribution in [2.45, 2.75) is 141 Å². The number of alkyl halides is 5. The van der Waals surface area contributed by atoms with Gasteiger partial charge in [-0.25, -0.2) is 4.79 Å². The second-order valence-corrected chi connectivity index (χ2v) is 30.3. The Balaban J connectivity index is 0.850. The second kappa shape index (κ2) is 23.9. The highest BCUT2D eigenvalue weighted by atomic mass is 28.3. The lowest BCUT2D eigenvalue weighted by Gasteiger charge is -2.46. The largest absolute Gasteiger partial charge is 0.435 e. The van der Waals surface area contributed by atoms with E-state index in [9.17, 15) is 41.1 Å². The molecule has 3 atom stereocenters. The predicted molar refractivity (Wildman–Crippen MR) is 294 cm³/mol.